The Morgan fingerprint density at radius 3 is 0.712 bits per heavy atom. The van der Waals surface area contributed by atoms with Gasteiger partial charge in [-0.15, -0.1) is 0 Å². The summed E-state index contributed by atoms with van der Waals surface area (Å²) in [5, 5.41) is 0. The summed E-state index contributed by atoms with van der Waals surface area (Å²) < 4.78 is 120. The number of hydrogen-bond donors (Lipinski definition) is 0. The fourth-order valence-electron chi connectivity index (χ4n) is 9.56. The van der Waals surface area contributed by atoms with Crippen LogP contribution in [-0.2, 0) is 40.1 Å². The molecule has 0 N–H and O–H groups in total. The monoisotopic (exact) mass is 984 g/mol. The van der Waals surface area contributed by atoms with E-state index in [0.29, 0.717) is 44.5 Å². The van der Waals surface area contributed by atoms with E-state index in [1.54, 1.807) is 81.4 Å². The highest BCUT2D eigenvalue weighted by atomic mass is 32.2. The molecule has 0 spiro atoms. The first-order valence-electron chi connectivity index (χ1n) is 22.6. The summed E-state index contributed by atoms with van der Waals surface area (Å²) in [5.41, 5.74) is 8.68. The van der Waals surface area contributed by atoms with Gasteiger partial charge in [0.25, 0.3) is 0 Å². The van der Waals surface area contributed by atoms with Crippen LogP contribution in [0.4, 0.5) is 0 Å². The molecule has 4 aromatic rings. The van der Waals surface area contributed by atoms with Crippen molar-refractivity contribution in [2.45, 2.75) is 129 Å². The summed E-state index contributed by atoms with van der Waals surface area (Å²) in [6.07, 6.45) is 3.65. The second-order valence-electron chi connectivity index (χ2n) is 17.8. The molecule has 0 unspecified atom stereocenters. The molecule has 0 aliphatic carbocycles. The maximum Gasteiger partial charge on any atom is 0.243 e. The van der Waals surface area contributed by atoms with Crippen molar-refractivity contribution in [2.75, 3.05) is 52.4 Å². The van der Waals surface area contributed by atoms with Gasteiger partial charge in [-0.3, -0.25) is 0 Å². The number of benzene rings is 4. The molecule has 0 aliphatic rings. The van der Waals surface area contributed by atoms with Crippen molar-refractivity contribution < 1.29 is 33.7 Å². The van der Waals surface area contributed by atoms with E-state index in [9.17, 15) is 33.7 Å². The van der Waals surface area contributed by atoms with E-state index >= 15 is 0 Å². The number of rotatable bonds is 22. The SMILES string of the molecule is CCN(CCCN(C/C=C/CN(CCCN(CC)S(=O)(=O)c1c(C)cc(C)cc1C)S(=O)(=O)c1c(C)cc(C)cc1C)S(=O)(=O)c1c(C)cc(C)cc1C)S(=O)(=O)c1c(C)cc(C)cc1C. The minimum absolute atomic E-state index is 0.0116. The molecule has 12 nitrogen and oxygen atoms in total. The lowest BCUT2D eigenvalue weighted by Gasteiger charge is -2.27. The molecule has 0 saturated carbocycles. The molecule has 0 heterocycles. The largest absolute Gasteiger partial charge is 0.243 e. The van der Waals surface area contributed by atoms with Crippen LogP contribution in [0, 0.1) is 83.1 Å². The lowest BCUT2D eigenvalue weighted by molar-refractivity contribution is 0.375. The molecule has 0 atom stereocenters. The zero-order valence-electron chi connectivity index (χ0n) is 41.5. The highest BCUT2D eigenvalue weighted by Crippen LogP contribution is 2.30. The van der Waals surface area contributed by atoms with Gasteiger partial charge in [0.15, 0.2) is 0 Å². The summed E-state index contributed by atoms with van der Waals surface area (Å²) in [6, 6.07) is 14.6. The second kappa shape index (κ2) is 22.1. The van der Waals surface area contributed by atoms with Crippen molar-refractivity contribution in [3.63, 3.8) is 0 Å². The van der Waals surface area contributed by atoms with Gasteiger partial charge in [-0.1, -0.05) is 96.8 Å². The zero-order valence-corrected chi connectivity index (χ0v) is 44.8. The van der Waals surface area contributed by atoms with Crippen molar-refractivity contribution in [1.29, 1.82) is 0 Å². The molecule has 364 valence electrons. The standard InChI is InChI=1S/C50H72N4O8S4/c1-15-51(63(55,56)47-39(7)27-35(3)28-40(47)8)23-19-25-53(65(59,60)49-43(11)31-37(5)32-44(49)12)21-17-18-22-54(66(61,62)50-45(13)33-38(6)34-46(50)14)26-20-24-52(16-2)64(57,58)48-41(9)29-36(4)30-42(48)10/h17-18,27-34H,15-16,19-26H2,1-14H3/b18-17+. The van der Waals surface area contributed by atoms with Crippen LogP contribution in [0.1, 0.15) is 93.5 Å². The summed E-state index contributed by atoms with van der Waals surface area (Å²) in [6.45, 7) is 25.6. The predicted octanol–water partition coefficient (Wildman–Crippen LogP) is 8.83. The van der Waals surface area contributed by atoms with E-state index in [1.165, 1.54) is 17.2 Å². The lowest BCUT2D eigenvalue weighted by Crippen LogP contribution is -2.38. The van der Waals surface area contributed by atoms with Crippen molar-refractivity contribution in [3.05, 3.63) is 127 Å². The maximum absolute atomic E-state index is 14.6. The van der Waals surface area contributed by atoms with Gasteiger partial charge in [0.2, 0.25) is 40.1 Å². The molecule has 0 amide bonds. The molecular weight excluding hydrogens is 913 g/mol. The minimum Gasteiger partial charge on any atom is -0.207 e. The third-order valence-corrected chi connectivity index (χ3v) is 20.8. The van der Waals surface area contributed by atoms with E-state index in [4.69, 9.17) is 0 Å². The van der Waals surface area contributed by atoms with Gasteiger partial charge < -0.3 is 0 Å². The second-order valence-corrected chi connectivity index (χ2v) is 25.3. The van der Waals surface area contributed by atoms with E-state index in [0.717, 1.165) is 22.3 Å². The molecule has 4 rings (SSSR count). The summed E-state index contributed by atoms with van der Waals surface area (Å²) in [5.74, 6) is 0. The molecule has 66 heavy (non-hydrogen) atoms. The Labute approximate surface area is 397 Å². The maximum atomic E-state index is 14.6. The Bertz CT molecular complexity index is 2620. The average Bonchev–Trinajstić information content (AvgIpc) is 3.15. The van der Waals surface area contributed by atoms with Crippen LogP contribution in [-0.4, -0.2) is 103 Å². The first-order valence-corrected chi connectivity index (χ1v) is 28.4. The van der Waals surface area contributed by atoms with Crippen LogP contribution in [0.2, 0.25) is 0 Å². The average molecular weight is 985 g/mol. The topological polar surface area (TPSA) is 150 Å². The molecule has 0 aliphatic heterocycles. The van der Waals surface area contributed by atoms with Gasteiger partial charge in [0.05, 0.1) is 19.6 Å². The number of sulfonamides is 4. The van der Waals surface area contributed by atoms with Crippen LogP contribution in [0.15, 0.2) is 80.3 Å². The Hall–Kier alpha value is -3.74. The smallest absolute Gasteiger partial charge is 0.207 e. The molecular formula is C50H72N4O8S4. The third-order valence-electron chi connectivity index (χ3n) is 11.9. The summed E-state index contributed by atoms with van der Waals surface area (Å²) in [4.78, 5) is 0.857. The third kappa shape index (κ3) is 12.3. The van der Waals surface area contributed by atoms with Crippen LogP contribution in [0.25, 0.3) is 0 Å². The van der Waals surface area contributed by atoms with Crippen LogP contribution in [0.3, 0.4) is 0 Å². The molecule has 16 heteroatoms. The summed E-state index contributed by atoms with van der Waals surface area (Å²) in [7, 11) is -16.1. The lowest BCUT2D eigenvalue weighted by atomic mass is 10.1. The Morgan fingerprint density at radius 1 is 0.333 bits per heavy atom. The quantitative estimate of drug-likeness (QED) is 0.0710. The van der Waals surface area contributed by atoms with Crippen molar-refractivity contribution in [3.8, 4) is 0 Å². The van der Waals surface area contributed by atoms with Crippen LogP contribution in [0.5, 0.6) is 0 Å². The van der Waals surface area contributed by atoms with Crippen molar-refractivity contribution in [2.24, 2.45) is 0 Å². The normalized spacial score (nSPS) is 13.1. The van der Waals surface area contributed by atoms with Crippen molar-refractivity contribution >= 4 is 40.1 Å². The number of nitrogens with zero attached hydrogens (tertiary/aromatic N) is 4. The molecule has 0 radical (unpaired) electrons. The number of aryl methyl sites for hydroxylation is 12. The Kier molecular flexibility index (Phi) is 18.4. The van der Waals surface area contributed by atoms with Gasteiger partial charge in [-0.25, -0.2) is 33.7 Å². The van der Waals surface area contributed by atoms with E-state index in [1.807, 2.05) is 76.2 Å². The van der Waals surface area contributed by atoms with E-state index in [2.05, 4.69) is 0 Å². The molecule has 4 aromatic carbocycles. The summed E-state index contributed by atoms with van der Waals surface area (Å²) >= 11 is 0. The van der Waals surface area contributed by atoms with E-state index < -0.39 is 40.1 Å². The van der Waals surface area contributed by atoms with Gasteiger partial charge in [0, 0.05) is 52.4 Å². The molecule has 0 aromatic heterocycles. The Morgan fingerprint density at radius 2 is 0.515 bits per heavy atom. The zero-order chi connectivity index (χ0) is 49.7. The highest BCUT2D eigenvalue weighted by Gasteiger charge is 2.32. The first kappa shape index (κ1) is 54.9. The van der Waals surface area contributed by atoms with Gasteiger partial charge in [0.1, 0.15) is 0 Å². The van der Waals surface area contributed by atoms with Gasteiger partial charge in [-0.2, -0.15) is 17.2 Å². The molecule has 0 bridgehead atoms. The van der Waals surface area contributed by atoms with Gasteiger partial charge >= 0.3 is 0 Å². The Balaban J connectivity index is 1.67. The molecule has 0 fully saturated rings. The highest BCUT2D eigenvalue weighted by molar-refractivity contribution is 7.90. The fraction of sp³-hybridized carbons (Fsp3) is 0.480. The fourth-order valence-corrected chi connectivity index (χ4v) is 17.0. The van der Waals surface area contributed by atoms with Crippen LogP contribution < -0.4 is 0 Å². The minimum atomic E-state index is -4.13. The van der Waals surface area contributed by atoms with Crippen LogP contribution >= 0.6 is 0 Å². The predicted molar refractivity (Wildman–Crippen MR) is 267 cm³/mol. The molecule has 0 saturated heterocycles. The van der Waals surface area contributed by atoms with E-state index in [-0.39, 0.29) is 84.8 Å². The first-order chi connectivity index (χ1) is 30.6. The van der Waals surface area contributed by atoms with Crippen molar-refractivity contribution in [1.82, 2.24) is 17.2 Å². The number of hydrogen-bond acceptors (Lipinski definition) is 8. The van der Waals surface area contributed by atoms with Gasteiger partial charge in [-0.05, 0) is 140 Å².